The standard InChI is InChI=1S/C26H29F2N3O4/c1-14-11-20(17(4)35-14)25(29-5)24-16(3)31-23(12-21(24)26(27)28)34-13-22(32)30-15(2)18-7-9-19(33-6)10-8-18/h7-12,15,26H,13H2,1-6H3,(H,30,32)/t15-/m0/s1. The molecule has 0 fully saturated rings. The van der Waals surface area contributed by atoms with E-state index in [4.69, 9.17) is 13.9 Å². The quantitative estimate of drug-likeness (QED) is 0.418. The number of methoxy groups -OCH3 is 1. The van der Waals surface area contributed by atoms with Gasteiger partial charge in [0.05, 0.1) is 24.6 Å². The summed E-state index contributed by atoms with van der Waals surface area (Å²) in [4.78, 5) is 21.0. The number of benzene rings is 1. The molecule has 1 aromatic carbocycles. The zero-order chi connectivity index (χ0) is 25.7. The predicted molar refractivity (Wildman–Crippen MR) is 129 cm³/mol. The summed E-state index contributed by atoms with van der Waals surface area (Å²) in [5, 5.41) is 2.81. The Morgan fingerprint density at radius 3 is 2.40 bits per heavy atom. The van der Waals surface area contributed by atoms with E-state index in [9.17, 15) is 13.6 Å². The predicted octanol–water partition coefficient (Wildman–Crippen LogP) is 5.27. The smallest absolute Gasteiger partial charge is 0.264 e. The van der Waals surface area contributed by atoms with Crippen molar-refractivity contribution >= 4 is 11.6 Å². The van der Waals surface area contributed by atoms with Crippen molar-refractivity contribution in [2.45, 2.75) is 40.2 Å². The van der Waals surface area contributed by atoms with Gasteiger partial charge >= 0.3 is 0 Å². The first-order chi connectivity index (χ1) is 16.6. The van der Waals surface area contributed by atoms with Crippen molar-refractivity contribution in [1.29, 1.82) is 0 Å². The molecule has 2 heterocycles. The van der Waals surface area contributed by atoms with Gasteiger partial charge in [0.1, 0.15) is 17.3 Å². The molecule has 2 aromatic heterocycles. The fourth-order valence-corrected chi connectivity index (χ4v) is 3.85. The maximum atomic E-state index is 14.1. The highest BCUT2D eigenvalue weighted by Crippen LogP contribution is 2.31. The van der Waals surface area contributed by atoms with Crippen LogP contribution in [0.5, 0.6) is 11.6 Å². The number of aryl methyl sites for hydroxylation is 3. The van der Waals surface area contributed by atoms with Crippen LogP contribution in [0.1, 0.15) is 58.9 Å². The van der Waals surface area contributed by atoms with Crippen molar-refractivity contribution < 1.29 is 27.5 Å². The number of alkyl halides is 2. The summed E-state index contributed by atoms with van der Waals surface area (Å²) >= 11 is 0. The lowest BCUT2D eigenvalue weighted by Crippen LogP contribution is -2.31. The first kappa shape index (κ1) is 25.9. The third-order valence-corrected chi connectivity index (χ3v) is 5.54. The van der Waals surface area contributed by atoms with E-state index >= 15 is 0 Å². The molecular formula is C26H29F2N3O4. The van der Waals surface area contributed by atoms with E-state index in [-0.39, 0.29) is 29.7 Å². The molecule has 7 nitrogen and oxygen atoms in total. The molecule has 0 aliphatic carbocycles. The molecule has 0 spiro atoms. The van der Waals surface area contributed by atoms with Gasteiger partial charge in [0.25, 0.3) is 12.3 Å². The number of aliphatic imine (C=N–C) groups is 1. The van der Waals surface area contributed by atoms with Gasteiger partial charge in [0.15, 0.2) is 6.61 Å². The number of furan rings is 1. The van der Waals surface area contributed by atoms with Crippen molar-refractivity contribution in [2.75, 3.05) is 20.8 Å². The molecular weight excluding hydrogens is 456 g/mol. The van der Waals surface area contributed by atoms with Crippen molar-refractivity contribution in [3.63, 3.8) is 0 Å². The Balaban J connectivity index is 1.77. The van der Waals surface area contributed by atoms with Crippen LogP contribution in [0.25, 0.3) is 0 Å². The van der Waals surface area contributed by atoms with Gasteiger partial charge in [-0.05, 0) is 51.5 Å². The van der Waals surface area contributed by atoms with E-state index in [1.165, 1.54) is 7.05 Å². The van der Waals surface area contributed by atoms with Crippen LogP contribution in [0.4, 0.5) is 8.78 Å². The summed E-state index contributed by atoms with van der Waals surface area (Å²) in [5.41, 5.74) is 2.11. The highest BCUT2D eigenvalue weighted by Gasteiger charge is 2.25. The number of rotatable bonds is 9. The summed E-state index contributed by atoms with van der Waals surface area (Å²) in [6.45, 7) is 6.59. The molecule has 0 aliphatic rings. The first-order valence-corrected chi connectivity index (χ1v) is 11.0. The van der Waals surface area contributed by atoms with E-state index in [0.717, 1.165) is 11.6 Å². The number of nitrogens with one attached hydrogen (secondary N) is 1. The number of pyridine rings is 1. The summed E-state index contributed by atoms with van der Waals surface area (Å²) in [5.74, 6) is 1.47. The number of nitrogens with zero attached hydrogens (tertiary/aromatic N) is 2. The SMILES string of the molecule is CN=C(c1cc(C)oc1C)c1c(C(F)F)cc(OCC(=O)N[C@@H](C)c2ccc(OC)cc2)nc1C. The lowest BCUT2D eigenvalue weighted by Gasteiger charge is -2.17. The highest BCUT2D eigenvalue weighted by atomic mass is 19.3. The molecule has 0 bridgehead atoms. The first-order valence-electron chi connectivity index (χ1n) is 11.0. The van der Waals surface area contributed by atoms with Crippen LogP contribution in [0.2, 0.25) is 0 Å². The number of hydrogen-bond donors (Lipinski definition) is 1. The van der Waals surface area contributed by atoms with Crippen LogP contribution >= 0.6 is 0 Å². The number of aromatic nitrogens is 1. The minimum Gasteiger partial charge on any atom is -0.497 e. The molecule has 0 radical (unpaired) electrons. The average Bonchev–Trinajstić information content (AvgIpc) is 3.16. The van der Waals surface area contributed by atoms with Crippen LogP contribution in [0.15, 0.2) is 45.8 Å². The molecule has 1 N–H and O–H groups in total. The van der Waals surface area contributed by atoms with Crippen molar-refractivity contribution in [1.82, 2.24) is 10.3 Å². The molecule has 1 atom stereocenters. The Hall–Kier alpha value is -3.75. The Labute approximate surface area is 203 Å². The third-order valence-electron chi connectivity index (χ3n) is 5.54. The Bertz CT molecular complexity index is 1220. The molecule has 9 heteroatoms. The summed E-state index contributed by atoms with van der Waals surface area (Å²) in [7, 11) is 3.11. The lowest BCUT2D eigenvalue weighted by atomic mass is 9.96. The molecule has 0 saturated carbocycles. The number of amides is 1. The average molecular weight is 486 g/mol. The zero-order valence-corrected chi connectivity index (χ0v) is 20.6. The minimum atomic E-state index is -2.80. The van der Waals surface area contributed by atoms with Gasteiger partial charge in [-0.25, -0.2) is 13.8 Å². The number of ether oxygens (including phenoxy) is 2. The second-order valence-corrected chi connectivity index (χ2v) is 8.06. The topological polar surface area (TPSA) is 86.0 Å². The van der Waals surface area contributed by atoms with E-state index in [2.05, 4.69) is 15.3 Å². The molecule has 1 amide bonds. The van der Waals surface area contributed by atoms with Gasteiger partial charge in [-0.15, -0.1) is 0 Å². The summed E-state index contributed by atoms with van der Waals surface area (Å²) in [6, 6.07) is 9.92. The van der Waals surface area contributed by atoms with Crippen molar-refractivity contribution in [3.8, 4) is 11.6 Å². The Kier molecular flexibility index (Phi) is 8.22. The van der Waals surface area contributed by atoms with E-state index < -0.39 is 12.3 Å². The largest absolute Gasteiger partial charge is 0.497 e. The summed E-state index contributed by atoms with van der Waals surface area (Å²) in [6.07, 6.45) is -2.80. The normalized spacial score (nSPS) is 12.5. The zero-order valence-electron chi connectivity index (χ0n) is 20.6. The summed E-state index contributed by atoms with van der Waals surface area (Å²) < 4.78 is 44.3. The van der Waals surface area contributed by atoms with Gasteiger partial charge in [-0.1, -0.05) is 12.1 Å². The number of carbonyl (C=O) groups excluding carboxylic acids is 1. The molecule has 0 aliphatic heterocycles. The molecule has 186 valence electrons. The van der Waals surface area contributed by atoms with Gasteiger partial charge in [-0.3, -0.25) is 9.79 Å². The number of carbonyl (C=O) groups is 1. The maximum absolute atomic E-state index is 14.1. The van der Waals surface area contributed by atoms with Crippen molar-refractivity contribution in [3.05, 3.63) is 75.9 Å². The fraction of sp³-hybridized carbons (Fsp3) is 0.346. The van der Waals surface area contributed by atoms with Crippen LogP contribution in [0, 0.1) is 20.8 Å². The number of hydrogen-bond acceptors (Lipinski definition) is 6. The van der Waals surface area contributed by atoms with Gasteiger partial charge in [0.2, 0.25) is 5.88 Å². The second-order valence-electron chi connectivity index (χ2n) is 8.06. The highest BCUT2D eigenvalue weighted by molar-refractivity contribution is 6.15. The van der Waals surface area contributed by atoms with Crippen LogP contribution < -0.4 is 14.8 Å². The van der Waals surface area contributed by atoms with Crippen LogP contribution in [-0.2, 0) is 4.79 Å². The molecule has 3 aromatic rings. The molecule has 3 rings (SSSR count). The van der Waals surface area contributed by atoms with E-state index in [0.29, 0.717) is 34.2 Å². The van der Waals surface area contributed by atoms with Crippen molar-refractivity contribution in [2.24, 2.45) is 4.99 Å². The van der Waals surface area contributed by atoms with Crippen LogP contribution in [0.3, 0.4) is 0 Å². The minimum absolute atomic E-state index is 0.0654. The van der Waals surface area contributed by atoms with E-state index in [1.54, 1.807) is 46.1 Å². The molecule has 35 heavy (non-hydrogen) atoms. The second kappa shape index (κ2) is 11.1. The van der Waals surface area contributed by atoms with Crippen LogP contribution in [-0.4, -0.2) is 37.4 Å². The van der Waals surface area contributed by atoms with Gasteiger partial charge < -0.3 is 19.2 Å². The maximum Gasteiger partial charge on any atom is 0.264 e. The fourth-order valence-electron chi connectivity index (χ4n) is 3.85. The lowest BCUT2D eigenvalue weighted by molar-refractivity contribution is -0.123. The van der Waals surface area contributed by atoms with Gasteiger partial charge in [0, 0.05) is 29.8 Å². The molecule has 0 unspecified atom stereocenters. The Morgan fingerprint density at radius 2 is 1.86 bits per heavy atom. The number of halogens is 2. The monoisotopic (exact) mass is 485 g/mol. The Morgan fingerprint density at radius 1 is 1.17 bits per heavy atom. The third kappa shape index (κ3) is 6.03. The van der Waals surface area contributed by atoms with E-state index in [1.807, 2.05) is 19.1 Å². The molecule has 0 saturated heterocycles. The van der Waals surface area contributed by atoms with Gasteiger partial charge in [-0.2, -0.15) is 0 Å².